The van der Waals surface area contributed by atoms with Crippen LogP contribution < -0.4 is 5.32 Å². The van der Waals surface area contributed by atoms with Crippen LogP contribution in [0, 0.1) is 0 Å². The molecule has 0 bridgehead atoms. The third-order valence-electron chi connectivity index (χ3n) is 2.75. The molecule has 1 nitrogen and oxygen atoms in total. The molecular formula is C14H16BrNS. The molecule has 0 amide bonds. The van der Waals surface area contributed by atoms with Gasteiger partial charge in [0.1, 0.15) is 0 Å². The molecule has 1 N–H and O–H groups in total. The molecule has 0 spiro atoms. The molecule has 1 heterocycles. The maximum Gasteiger partial charge on any atom is 0.0292 e. The van der Waals surface area contributed by atoms with Crippen LogP contribution in [-0.4, -0.2) is 6.54 Å². The normalized spacial score (nSPS) is 12.6. The van der Waals surface area contributed by atoms with Gasteiger partial charge in [0.25, 0.3) is 0 Å². The number of hydrogen-bond acceptors (Lipinski definition) is 2. The molecule has 1 aromatic carbocycles. The Kier molecular flexibility index (Phi) is 4.77. The van der Waals surface area contributed by atoms with Crippen molar-refractivity contribution in [2.75, 3.05) is 6.54 Å². The first-order valence-electron chi connectivity index (χ1n) is 5.77. The van der Waals surface area contributed by atoms with Crippen molar-refractivity contribution in [1.82, 2.24) is 5.32 Å². The maximum absolute atomic E-state index is 3.55. The maximum atomic E-state index is 3.55. The fourth-order valence-electron chi connectivity index (χ4n) is 1.76. The Balaban J connectivity index is 1.83. The van der Waals surface area contributed by atoms with E-state index in [-0.39, 0.29) is 0 Å². The Morgan fingerprint density at radius 2 is 2.18 bits per heavy atom. The van der Waals surface area contributed by atoms with Crippen molar-refractivity contribution in [3.8, 4) is 0 Å². The Morgan fingerprint density at radius 1 is 1.29 bits per heavy atom. The van der Waals surface area contributed by atoms with Gasteiger partial charge in [-0.1, -0.05) is 34.1 Å². The Morgan fingerprint density at radius 3 is 2.88 bits per heavy atom. The highest BCUT2D eigenvalue weighted by atomic mass is 79.9. The van der Waals surface area contributed by atoms with E-state index >= 15 is 0 Å². The van der Waals surface area contributed by atoms with Crippen LogP contribution in [0.25, 0.3) is 0 Å². The van der Waals surface area contributed by atoms with Gasteiger partial charge in [0.2, 0.25) is 0 Å². The van der Waals surface area contributed by atoms with Crippen LogP contribution in [0.3, 0.4) is 0 Å². The lowest BCUT2D eigenvalue weighted by Crippen LogP contribution is -2.21. The predicted octanol–water partition coefficient (Wildman–Crippen LogP) is 4.40. The first-order valence-corrected chi connectivity index (χ1v) is 7.44. The van der Waals surface area contributed by atoms with Crippen molar-refractivity contribution in [3.63, 3.8) is 0 Å². The molecule has 3 heteroatoms. The summed E-state index contributed by atoms with van der Waals surface area (Å²) >= 11 is 5.33. The first kappa shape index (κ1) is 12.8. The summed E-state index contributed by atoms with van der Waals surface area (Å²) in [5.74, 6) is 0. The lowest BCUT2D eigenvalue weighted by Gasteiger charge is -2.14. The van der Waals surface area contributed by atoms with Gasteiger partial charge in [0.05, 0.1) is 0 Å². The van der Waals surface area contributed by atoms with Gasteiger partial charge in [-0.2, -0.15) is 0 Å². The van der Waals surface area contributed by atoms with Gasteiger partial charge in [-0.05, 0) is 42.5 Å². The van der Waals surface area contributed by atoms with Crippen LogP contribution >= 0.6 is 27.3 Å². The Labute approximate surface area is 115 Å². The predicted molar refractivity (Wildman–Crippen MR) is 78.6 cm³/mol. The van der Waals surface area contributed by atoms with Crippen molar-refractivity contribution < 1.29 is 0 Å². The molecule has 0 aliphatic rings. The highest BCUT2D eigenvalue weighted by Gasteiger charge is 2.04. The molecule has 0 radical (unpaired) electrons. The monoisotopic (exact) mass is 309 g/mol. The number of rotatable bonds is 5. The van der Waals surface area contributed by atoms with Crippen LogP contribution in [0.15, 0.2) is 46.3 Å². The second-order valence-electron chi connectivity index (χ2n) is 4.06. The number of hydrogen-bond donors (Lipinski definition) is 1. The summed E-state index contributed by atoms with van der Waals surface area (Å²) in [6, 6.07) is 13.2. The fourth-order valence-corrected chi connectivity index (χ4v) is 2.89. The minimum Gasteiger partial charge on any atom is -0.310 e. The van der Waals surface area contributed by atoms with E-state index in [1.807, 2.05) is 11.3 Å². The van der Waals surface area contributed by atoms with E-state index in [4.69, 9.17) is 0 Å². The van der Waals surface area contributed by atoms with Gasteiger partial charge in [-0.15, -0.1) is 11.3 Å². The molecule has 0 aliphatic heterocycles. The van der Waals surface area contributed by atoms with E-state index in [1.54, 1.807) is 0 Å². The average molecular weight is 310 g/mol. The third kappa shape index (κ3) is 3.95. The fraction of sp³-hybridized carbons (Fsp3) is 0.286. The van der Waals surface area contributed by atoms with Gasteiger partial charge >= 0.3 is 0 Å². The zero-order valence-electron chi connectivity index (χ0n) is 9.82. The Hall–Kier alpha value is -0.640. The molecule has 0 fully saturated rings. The molecule has 90 valence electrons. The Bertz CT molecular complexity index is 453. The molecule has 1 atom stereocenters. The second-order valence-corrected chi connectivity index (χ2v) is 6.01. The van der Waals surface area contributed by atoms with Crippen molar-refractivity contribution in [2.45, 2.75) is 19.4 Å². The zero-order chi connectivity index (χ0) is 12.1. The summed E-state index contributed by atoms with van der Waals surface area (Å²) in [5.41, 5.74) is 1.32. The van der Waals surface area contributed by atoms with Crippen molar-refractivity contribution in [2.24, 2.45) is 0 Å². The first-order chi connectivity index (χ1) is 8.25. The van der Waals surface area contributed by atoms with Gasteiger partial charge < -0.3 is 5.32 Å². The van der Waals surface area contributed by atoms with E-state index in [0.717, 1.165) is 17.4 Å². The molecule has 0 aliphatic carbocycles. The quantitative estimate of drug-likeness (QED) is 0.863. The van der Waals surface area contributed by atoms with Crippen LogP contribution in [0.1, 0.15) is 23.4 Å². The van der Waals surface area contributed by atoms with E-state index in [9.17, 15) is 0 Å². The highest BCUT2D eigenvalue weighted by Crippen LogP contribution is 2.18. The summed E-state index contributed by atoms with van der Waals surface area (Å²) < 4.78 is 1.14. The molecule has 2 aromatic rings. The SMILES string of the molecule is CC(NCCc1cccs1)c1cccc(Br)c1. The molecular weight excluding hydrogens is 294 g/mol. The average Bonchev–Trinajstić information content (AvgIpc) is 2.82. The number of benzene rings is 1. The highest BCUT2D eigenvalue weighted by molar-refractivity contribution is 9.10. The zero-order valence-corrected chi connectivity index (χ0v) is 12.2. The number of thiophene rings is 1. The molecule has 1 aromatic heterocycles. The summed E-state index contributed by atoms with van der Waals surface area (Å²) in [6.07, 6.45) is 1.11. The topological polar surface area (TPSA) is 12.0 Å². The van der Waals surface area contributed by atoms with E-state index in [0.29, 0.717) is 6.04 Å². The van der Waals surface area contributed by atoms with E-state index in [1.165, 1.54) is 10.4 Å². The lowest BCUT2D eigenvalue weighted by molar-refractivity contribution is 0.578. The molecule has 0 saturated heterocycles. The number of halogens is 1. The molecule has 17 heavy (non-hydrogen) atoms. The van der Waals surface area contributed by atoms with Crippen molar-refractivity contribution in [3.05, 3.63) is 56.7 Å². The lowest BCUT2D eigenvalue weighted by atomic mass is 10.1. The van der Waals surface area contributed by atoms with Crippen LogP contribution in [-0.2, 0) is 6.42 Å². The molecule has 0 saturated carbocycles. The third-order valence-corrected chi connectivity index (χ3v) is 4.18. The van der Waals surface area contributed by atoms with Gasteiger partial charge in [0.15, 0.2) is 0 Å². The molecule has 2 rings (SSSR count). The van der Waals surface area contributed by atoms with E-state index < -0.39 is 0 Å². The minimum atomic E-state index is 0.396. The van der Waals surface area contributed by atoms with Gasteiger partial charge in [-0.25, -0.2) is 0 Å². The smallest absolute Gasteiger partial charge is 0.0292 e. The van der Waals surface area contributed by atoms with Crippen LogP contribution in [0.4, 0.5) is 0 Å². The van der Waals surface area contributed by atoms with Gasteiger partial charge in [0, 0.05) is 21.9 Å². The van der Waals surface area contributed by atoms with Crippen molar-refractivity contribution in [1.29, 1.82) is 0 Å². The number of nitrogens with one attached hydrogen (secondary N) is 1. The standard InChI is InChI=1S/C14H16BrNS/c1-11(12-4-2-5-13(15)10-12)16-8-7-14-6-3-9-17-14/h2-6,9-11,16H,7-8H2,1H3. The van der Waals surface area contributed by atoms with Gasteiger partial charge in [-0.3, -0.25) is 0 Å². The summed E-state index contributed by atoms with van der Waals surface area (Å²) in [5, 5.41) is 5.68. The van der Waals surface area contributed by atoms with Crippen LogP contribution in [0.2, 0.25) is 0 Å². The summed E-state index contributed by atoms with van der Waals surface area (Å²) in [4.78, 5) is 1.44. The molecule has 1 unspecified atom stereocenters. The summed E-state index contributed by atoms with van der Waals surface area (Å²) in [6.45, 7) is 3.23. The minimum absolute atomic E-state index is 0.396. The van der Waals surface area contributed by atoms with Crippen LogP contribution in [0.5, 0.6) is 0 Å². The second kappa shape index (κ2) is 6.34. The largest absolute Gasteiger partial charge is 0.310 e. The summed E-state index contributed by atoms with van der Waals surface area (Å²) in [7, 11) is 0. The van der Waals surface area contributed by atoms with Crippen molar-refractivity contribution >= 4 is 27.3 Å². The van der Waals surface area contributed by atoms with E-state index in [2.05, 4.69) is 69.9 Å².